The van der Waals surface area contributed by atoms with E-state index in [-0.39, 0.29) is 24.0 Å². The molecular weight excluding hydrogens is 449 g/mol. The molecule has 0 radical (unpaired) electrons. The van der Waals surface area contributed by atoms with Crippen molar-refractivity contribution in [3.05, 3.63) is 23.0 Å². The average Bonchev–Trinajstić information content (AvgIpc) is 3.10. The summed E-state index contributed by atoms with van der Waals surface area (Å²) >= 11 is 6.09. The first-order valence-corrected chi connectivity index (χ1v) is 9.43. The molecule has 25 heavy (non-hydrogen) atoms. The van der Waals surface area contributed by atoms with Gasteiger partial charge in [0.25, 0.3) is 0 Å². The highest BCUT2D eigenvalue weighted by molar-refractivity contribution is 14.0. The van der Waals surface area contributed by atoms with Crippen molar-refractivity contribution < 1.29 is 0 Å². The van der Waals surface area contributed by atoms with Crippen molar-refractivity contribution in [2.75, 3.05) is 39.8 Å². The van der Waals surface area contributed by atoms with Crippen LogP contribution in [0.15, 0.2) is 17.3 Å². The third-order valence-corrected chi connectivity index (χ3v) is 4.79. The van der Waals surface area contributed by atoms with Crippen molar-refractivity contribution in [1.82, 2.24) is 19.7 Å². The molecule has 0 aliphatic carbocycles. The molecule has 1 fully saturated rings. The van der Waals surface area contributed by atoms with Gasteiger partial charge in [-0.1, -0.05) is 18.5 Å². The fourth-order valence-corrected chi connectivity index (χ4v) is 3.58. The highest BCUT2D eigenvalue weighted by Crippen LogP contribution is 2.17. The number of aromatic nitrogens is 1. The van der Waals surface area contributed by atoms with Gasteiger partial charge in [-0.15, -0.1) is 24.0 Å². The van der Waals surface area contributed by atoms with Crippen LogP contribution < -0.4 is 5.32 Å². The van der Waals surface area contributed by atoms with Gasteiger partial charge in [0.15, 0.2) is 5.96 Å². The average molecular weight is 482 g/mol. The van der Waals surface area contributed by atoms with E-state index in [2.05, 4.69) is 40.6 Å². The fourth-order valence-electron chi connectivity index (χ4n) is 3.31. The van der Waals surface area contributed by atoms with Crippen molar-refractivity contribution in [2.45, 2.75) is 33.2 Å². The number of likely N-dealkylation sites (tertiary alicyclic amines) is 1. The Hall–Kier alpha value is -0.470. The van der Waals surface area contributed by atoms with Crippen LogP contribution in [-0.2, 0) is 13.6 Å². The van der Waals surface area contributed by atoms with E-state index in [9.17, 15) is 0 Å². The summed E-state index contributed by atoms with van der Waals surface area (Å²) in [5.41, 5.74) is 1.18. The smallest absolute Gasteiger partial charge is 0.194 e. The van der Waals surface area contributed by atoms with Crippen LogP contribution in [0.1, 0.15) is 32.4 Å². The molecule has 7 heteroatoms. The number of aliphatic imine (C=N–C) groups is 1. The van der Waals surface area contributed by atoms with Gasteiger partial charge < -0.3 is 19.7 Å². The number of hydrogen-bond donors (Lipinski definition) is 1. The third kappa shape index (κ3) is 6.98. The van der Waals surface area contributed by atoms with Crippen LogP contribution in [0.25, 0.3) is 0 Å². The second-order valence-electron chi connectivity index (χ2n) is 6.77. The highest BCUT2D eigenvalue weighted by Gasteiger charge is 2.21. The molecule has 0 amide bonds. The zero-order valence-electron chi connectivity index (χ0n) is 16.0. The minimum absolute atomic E-state index is 0. The zero-order valence-corrected chi connectivity index (χ0v) is 19.1. The van der Waals surface area contributed by atoms with E-state index in [1.54, 1.807) is 0 Å². The summed E-state index contributed by atoms with van der Waals surface area (Å²) < 4.78 is 2.07. The van der Waals surface area contributed by atoms with Gasteiger partial charge in [-0.05, 0) is 44.8 Å². The van der Waals surface area contributed by atoms with Gasteiger partial charge in [-0.3, -0.25) is 4.99 Å². The third-order valence-electron chi connectivity index (χ3n) is 4.58. The minimum Gasteiger partial charge on any atom is -0.357 e. The molecule has 2 rings (SSSR count). The molecule has 0 spiro atoms. The van der Waals surface area contributed by atoms with Crippen molar-refractivity contribution in [3.8, 4) is 0 Å². The summed E-state index contributed by atoms with van der Waals surface area (Å²) in [6, 6.07) is 2.02. The van der Waals surface area contributed by atoms with Crippen molar-refractivity contribution in [2.24, 2.45) is 18.0 Å². The van der Waals surface area contributed by atoms with Gasteiger partial charge in [0.2, 0.25) is 0 Å². The van der Waals surface area contributed by atoms with Crippen LogP contribution in [0.5, 0.6) is 0 Å². The molecule has 1 unspecified atom stereocenters. The van der Waals surface area contributed by atoms with E-state index in [0.717, 1.165) is 30.6 Å². The Labute approximate surface area is 174 Å². The summed E-state index contributed by atoms with van der Waals surface area (Å²) in [6.07, 6.45) is 4.44. The Balaban J connectivity index is 0.00000312. The monoisotopic (exact) mass is 481 g/mol. The van der Waals surface area contributed by atoms with E-state index < -0.39 is 0 Å². The summed E-state index contributed by atoms with van der Waals surface area (Å²) in [5.74, 6) is 1.66. The molecule has 144 valence electrons. The zero-order chi connectivity index (χ0) is 17.5. The molecule has 0 aromatic carbocycles. The molecule has 2 heterocycles. The molecule has 1 aromatic rings. The van der Waals surface area contributed by atoms with Gasteiger partial charge in [0.1, 0.15) is 0 Å². The van der Waals surface area contributed by atoms with Crippen LogP contribution in [0, 0.1) is 5.92 Å². The van der Waals surface area contributed by atoms with Crippen LogP contribution in [-0.4, -0.2) is 60.1 Å². The van der Waals surface area contributed by atoms with Crippen LogP contribution in [0.2, 0.25) is 5.02 Å². The molecule has 1 aromatic heterocycles. The molecule has 1 aliphatic rings. The Kier molecular flexibility index (Phi) is 10.2. The van der Waals surface area contributed by atoms with Gasteiger partial charge in [0.05, 0.1) is 11.6 Å². The molecule has 1 aliphatic heterocycles. The number of halogens is 2. The summed E-state index contributed by atoms with van der Waals surface area (Å²) in [4.78, 5) is 9.62. The number of rotatable bonds is 7. The van der Waals surface area contributed by atoms with E-state index in [1.807, 2.05) is 19.3 Å². The topological polar surface area (TPSA) is 35.8 Å². The first-order chi connectivity index (χ1) is 11.5. The van der Waals surface area contributed by atoms with Crippen LogP contribution in [0.3, 0.4) is 0 Å². The molecule has 1 saturated heterocycles. The molecular formula is C18H33ClIN5. The number of nitrogens with one attached hydrogen (secondary N) is 1. The SMILES string of the molecule is CCCN1CCC(CN=C(NCC)N(C)Cc2cc(Cl)cn2C)C1.I. The second kappa shape index (κ2) is 11.3. The number of nitrogens with zero attached hydrogens (tertiary/aromatic N) is 4. The summed E-state index contributed by atoms with van der Waals surface area (Å²) in [6.45, 7) is 10.6. The predicted octanol–water partition coefficient (Wildman–Crippen LogP) is 3.43. The van der Waals surface area contributed by atoms with Crippen LogP contribution >= 0.6 is 35.6 Å². The first-order valence-electron chi connectivity index (χ1n) is 9.06. The first kappa shape index (κ1) is 22.6. The molecule has 0 bridgehead atoms. The second-order valence-corrected chi connectivity index (χ2v) is 7.20. The Morgan fingerprint density at radius 2 is 2.20 bits per heavy atom. The van der Waals surface area contributed by atoms with E-state index >= 15 is 0 Å². The lowest BCUT2D eigenvalue weighted by Crippen LogP contribution is -2.39. The Morgan fingerprint density at radius 3 is 2.80 bits per heavy atom. The maximum absolute atomic E-state index is 6.09. The number of aryl methyl sites for hydroxylation is 1. The van der Waals surface area contributed by atoms with Crippen LogP contribution in [0.4, 0.5) is 0 Å². The van der Waals surface area contributed by atoms with Crippen molar-refractivity contribution in [1.29, 1.82) is 0 Å². The van der Waals surface area contributed by atoms with E-state index in [4.69, 9.17) is 16.6 Å². The predicted molar refractivity (Wildman–Crippen MR) is 118 cm³/mol. The van der Waals surface area contributed by atoms with Crippen molar-refractivity contribution >= 4 is 41.5 Å². The number of hydrogen-bond acceptors (Lipinski definition) is 2. The van der Waals surface area contributed by atoms with Crippen molar-refractivity contribution in [3.63, 3.8) is 0 Å². The molecule has 5 nitrogen and oxygen atoms in total. The van der Waals surface area contributed by atoms with E-state index in [0.29, 0.717) is 5.92 Å². The lowest BCUT2D eigenvalue weighted by molar-refractivity contribution is 0.326. The van der Waals surface area contributed by atoms with Gasteiger partial charge in [-0.2, -0.15) is 0 Å². The molecule has 0 saturated carbocycles. The molecule has 1 N–H and O–H groups in total. The Bertz CT molecular complexity index is 546. The maximum atomic E-state index is 6.09. The molecule has 1 atom stereocenters. The van der Waals surface area contributed by atoms with Gasteiger partial charge >= 0.3 is 0 Å². The largest absolute Gasteiger partial charge is 0.357 e. The summed E-state index contributed by atoms with van der Waals surface area (Å²) in [5, 5.41) is 4.19. The normalized spacial score (nSPS) is 18.3. The fraction of sp³-hybridized carbons (Fsp3) is 0.722. The van der Waals surface area contributed by atoms with Gasteiger partial charge in [-0.25, -0.2) is 0 Å². The lowest BCUT2D eigenvalue weighted by Gasteiger charge is -2.23. The minimum atomic E-state index is 0. The lowest BCUT2D eigenvalue weighted by atomic mass is 10.1. The number of guanidine groups is 1. The summed E-state index contributed by atoms with van der Waals surface area (Å²) in [7, 11) is 4.11. The maximum Gasteiger partial charge on any atom is 0.194 e. The highest BCUT2D eigenvalue weighted by atomic mass is 127. The standard InChI is InChI=1S/C18H32ClN5.HI/c1-5-8-24-9-7-15(12-24)11-21-18(20-6-2)23(4)14-17-10-16(19)13-22(17)3;/h10,13,15H,5-9,11-12,14H2,1-4H3,(H,20,21);1H. The van der Waals surface area contributed by atoms with Gasteiger partial charge in [0, 0.05) is 45.6 Å². The van der Waals surface area contributed by atoms with E-state index in [1.165, 1.54) is 38.2 Å². The quantitative estimate of drug-likeness (QED) is 0.368. The Morgan fingerprint density at radius 1 is 1.44 bits per heavy atom.